The Kier molecular flexibility index (Phi) is 19.9. The Morgan fingerprint density at radius 2 is 1.66 bits per heavy atom. The number of amides is 7. The average Bonchev–Trinajstić information content (AvgIpc) is 3.56. The lowest BCUT2D eigenvalue weighted by atomic mass is 9.98. The molecule has 0 saturated carbocycles. The van der Waals surface area contributed by atoms with E-state index in [1.807, 2.05) is 30.3 Å². The highest BCUT2D eigenvalue weighted by atomic mass is 32.1. The molecule has 1 aliphatic carbocycles. The minimum absolute atomic E-state index is 0.00896. The molecule has 308 valence electrons. The zero-order valence-electron chi connectivity index (χ0n) is 32.3. The van der Waals surface area contributed by atoms with E-state index in [-0.39, 0.29) is 58.7 Å². The van der Waals surface area contributed by atoms with Gasteiger partial charge in [0.2, 0.25) is 35.4 Å². The van der Waals surface area contributed by atoms with Crippen LogP contribution in [0.4, 0.5) is 5.13 Å². The molecule has 0 saturated heterocycles. The number of likely N-dealkylation sites (N-methyl/N-ethyl adjacent to an activating group) is 1. The Morgan fingerprint density at radius 1 is 0.911 bits per heavy atom. The molecule has 56 heavy (non-hydrogen) atoms. The number of aryl methyl sites for hydroxylation is 1. The van der Waals surface area contributed by atoms with Crippen LogP contribution in [-0.4, -0.2) is 129 Å². The number of aromatic nitrogens is 1. The van der Waals surface area contributed by atoms with Crippen LogP contribution in [0.25, 0.3) is 0 Å². The highest BCUT2D eigenvalue weighted by molar-refractivity contribution is 7.15. The fraction of sp³-hybridized carbons (Fsp3) is 0.568. The van der Waals surface area contributed by atoms with Gasteiger partial charge in [0.25, 0.3) is 5.91 Å². The number of benzene rings is 1. The van der Waals surface area contributed by atoms with Crippen LogP contribution in [-0.2, 0) is 62.3 Å². The van der Waals surface area contributed by atoms with Gasteiger partial charge in [0, 0.05) is 50.3 Å². The Labute approximate surface area is 330 Å². The SMILES string of the molecule is CCCN[C@H]1CCc2nc(NC(=O)COCC(=O)N(C)CC(=O)NCCC(=O)N[C@@H](C)C(=O)NCCOCCC(=O)N[C@@H](Cc3ccccc3)C(N)=O)sc2C1. The molecule has 7 amide bonds. The number of hydrogen-bond donors (Lipinski definition) is 7. The van der Waals surface area contributed by atoms with E-state index < -0.39 is 60.0 Å². The maximum Gasteiger partial charge on any atom is 0.252 e. The number of fused-ring (bicyclic) bond motifs is 1. The molecule has 0 fully saturated rings. The number of nitrogens with two attached hydrogens (primary N) is 1. The second-order valence-corrected chi connectivity index (χ2v) is 14.4. The summed E-state index contributed by atoms with van der Waals surface area (Å²) in [6.45, 7) is 3.82. The highest BCUT2D eigenvalue weighted by Gasteiger charge is 2.23. The fourth-order valence-electron chi connectivity index (χ4n) is 5.51. The topological polar surface area (TPSA) is 252 Å². The Bertz CT molecular complexity index is 1630. The summed E-state index contributed by atoms with van der Waals surface area (Å²) in [5.41, 5.74) is 7.29. The lowest BCUT2D eigenvalue weighted by Gasteiger charge is -2.21. The molecule has 1 aliphatic rings. The third-order valence-electron chi connectivity index (χ3n) is 8.56. The van der Waals surface area contributed by atoms with Crippen LogP contribution >= 0.6 is 11.3 Å². The summed E-state index contributed by atoms with van der Waals surface area (Å²) in [4.78, 5) is 92.6. The number of nitrogens with one attached hydrogen (secondary N) is 6. The summed E-state index contributed by atoms with van der Waals surface area (Å²) in [6.07, 6.45) is 3.96. The molecule has 3 rings (SSSR count). The standard InChI is InChI=1S/C37H55N9O9S/c1-4-14-39-26-10-11-27-29(20-26)56-37(44-27)45-33(50)22-55-23-34(51)46(3)21-32(49)40-15-12-30(47)42-24(2)36(53)41-16-18-54-17-13-31(48)43-28(35(38)52)19-25-8-6-5-7-9-25/h5-9,24,26,28,39H,4,10-23H2,1-3H3,(H2,38,52)(H,40,49)(H,41,53)(H,42,47)(H,43,48)(H,44,45,50)/t24-,26-,28-/m0/s1. The van der Waals surface area contributed by atoms with Gasteiger partial charge >= 0.3 is 0 Å². The molecular formula is C37H55N9O9S. The number of anilines is 1. The molecule has 0 spiro atoms. The van der Waals surface area contributed by atoms with E-state index in [2.05, 4.69) is 43.8 Å². The third kappa shape index (κ3) is 17.2. The van der Waals surface area contributed by atoms with Crippen molar-refractivity contribution in [3.8, 4) is 0 Å². The molecule has 0 radical (unpaired) electrons. The molecule has 8 N–H and O–H groups in total. The van der Waals surface area contributed by atoms with Crippen molar-refractivity contribution in [2.45, 2.75) is 76.9 Å². The molecule has 18 nitrogen and oxygen atoms in total. The van der Waals surface area contributed by atoms with Crippen molar-refractivity contribution in [3.63, 3.8) is 0 Å². The van der Waals surface area contributed by atoms with E-state index in [1.165, 1.54) is 25.3 Å². The summed E-state index contributed by atoms with van der Waals surface area (Å²) >= 11 is 1.45. The molecule has 3 atom stereocenters. The summed E-state index contributed by atoms with van der Waals surface area (Å²) in [5.74, 6) is -3.42. The van der Waals surface area contributed by atoms with Gasteiger partial charge in [-0.2, -0.15) is 0 Å². The first-order valence-corrected chi connectivity index (χ1v) is 19.5. The smallest absolute Gasteiger partial charge is 0.252 e. The highest BCUT2D eigenvalue weighted by Crippen LogP contribution is 2.29. The lowest BCUT2D eigenvalue weighted by Crippen LogP contribution is -2.46. The van der Waals surface area contributed by atoms with Gasteiger partial charge in [-0.25, -0.2) is 4.98 Å². The summed E-state index contributed by atoms with van der Waals surface area (Å²) in [6, 6.07) is 7.86. The van der Waals surface area contributed by atoms with Gasteiger partial charge in [-0.3, -0.25) is 38.9 Å². The van der Waals surface area contributed by atoms with Crippen molar-refractivity contribution in [3.05, 3.63) is 46.5 Å². The van der Waals surface area contributed by atoms with E-state index >= 15 is 0 Å². The molecular weight excluding hydrogens is 747 g/mol. The van der Waals surface area contributed by atoms with Gasteiger partial charge in [-0.1, -0.05) is 37.3 Å². The number of carbonyl (C=O) groups is 7. The lowest BCUT2D eigenvalue weighted by molar-refractivity contribution is -0.139. The van der Waals surface area contributed by atoms with E-state index in [0.717, 1.165) is 53.3 Å². The number of carbonyl (C=O) groups excluding carboxylic acids is 7. The number of primary amides is 1. The first kappa shape index (κ1) is 45.4. The van der Waals surface area contributed by atoms with Crippen LogP contribution in [0.15, 0.2) is 30.3 Å². The number of nitrogens with zero attached hydrogens (tertiary/aromatic N) is 2. The first-order chi connectivity index (χ1) is 26.8. The molecule has 0 aliphatic heterocycles. The van der Waals surface area contributed by atoms with Gasteiger partial charge in [0.1, 0.15) is 25.3 Å². The number of thiazole rings is 1. The second kappa shape index (κ2) is 24.5. The van der Waals surface area contributed by atoms with Gasteiger partial charge in [0.15, 0.2) is 5.13 Å². The normalized spacial score (nSPS) is 14.4. The van der Waals surface area contributed by atoms with Crippen molar-refractivity contribution in [1.82, 2.24) is 36.5 Å². The van der Waals surface area contributed by atoms with Crippen LogP contribution in [0, 0.1) is 0 Å². The molecule has 1 aromatic heterocycles. The second-order valence-electron chi connectivity index (χ2n) is 13.3. The number of hydrogen-bond acceptors (Lipinski definition) is 12. The molecule has 19 heteroatoms. The predicted octanol–water partition coefficient (Wildman–Crippen LogP) is -0.840. The van der Waals surface area contributed by atoms with Crippen LogP contribution < -0.4 is 37.6 Å². The largest absolute Gasteiger partial charge is 0.379 e. The maximum atomic E-state index is 12.4. The van der Waals surface area contributed by atoms with Crippen LogP contribution in [0.5, 0.6) is 0 Å². The van der Waals surface area contributed by atoms with Crippen molar-refractivity contribution >= 4 is 57.8 Å². The van der Waals surface area contributed by atoms with E-state index in [9.17, 15) is 33.6 Å². The Hall–Kier alpha value is -4.98. The predicted molar refractivity (Wildman–Crippen MR) is 208 cm³/mol. The van der Waals surface area contributed by atoms with Gasteiger partial charge in [-0.15, -0.1) is 11.3 Å². The van der Waals surface area contributed by atoms with Gasteiger partial charge < -0.3 is 46.7 Å². The fourth-order valence-corrected chi connectivity index (χ4v) is 6.61. The number of rotatable bonds is 25. The molecule has 0 bridgehead atoms. The molecule has 1 heterocycles. The quantitative estimate of drug-likeness (QED) is 0.0610. The average molecular weight is 802 g/mol. The Morgan fingerprint density at radius 3 is 2.39 bits per heavy atom. The van der Waals surface area contributed by atoms with Crippen molar-refractivity contribution in [2.75, 3.05) is 65.0 Å². The number of ether oxygens (including phenoxy) is 2. The zero-order chi connectivity index (χ0) is 40.9. The van der Waals surface area contributed by atoms with Crippen LogP contribution in [0.1, 0.15) is 55.7 Å². The summed E-state index contributed by atoms with van der Waals surface area (Å²) < 4.78 is 10.7. The van der Waals surface area contributed by atoms with Crippen LogP contribution in [0.3, 0.4) is 0 Å². The first-order valence-electron chi connectivity index (χ1n) is 18.7. The molecule has 0 unspecified atom stereocenters. The van der Waals surface area contributed by atoms with E-state index in [4.69, 9.17) is 15.2 Å². The zero-order valence-corrected chi connectivity index (χ0v) is 33.1. The summed E-state index contributed by atoms with van der Waals surface area (Å²) in [7, 11) is 1.41. The van der Waals surface area contributed by atoms with Gasteiger partial charge in [-0.05, 0) is 44.7 Å². The van der Waals surface area contributed by atoms with E-state index in [0.29, 0.717) is 11.2 Å². The van der Waals surface area contributed by atoms with E-state index in [1.54, 1.807) is 0 Å². The van der Waals surface area contributed by atoms with Crippen molar-refractivity contribution in [1.29, 1.82) is 0 Å². The molecule has 1 aromatic carbocycles. The van der Waals surface area contributed by atoms with Crippen molar-refractivity contribution < 1.29 is 43.0 Å². The van der Waals surface area contributed by atoms with Gasteiger partial charge in [0.05, 0.1) is 25.5 Å². The molecule has 2 aromatic rings. The van der Waals surface area contributed by atoms with Crippen molar-refractivity contribution in [2.24, 2.45) is 5.73 Å². The minimum atomic E-state index is -0.863. The monoisotopic (exact) mass is 801 g/mol. The third-order valence-corrected chi connectivity index (χ3v) is 9.60. The minimum Gasteiger partial charge on any atom is -0.379 e. The summed E-state index contributed by atoms with van der Waals surface area (Å²) in [5, 5.41) is 17.1. The van der Waals surface area contributed by atoms with Crippen LogP contribution in [0.2, 0.25) is 0 Å². The maximum absolute atomic E-state index is 12.4. The Balaban J connectivity index is 1.19.